The molecule has 0 aromatic heterocycles. The van der Waals surface area contributed by atoms with Crippen LogP contribution in [0.1, 0.15) is 15.9 Å². The maximum Gasteiger partial charge on any atom is 0.150 e. The largest absolute Gasteiger partial charge is 0.456 e. The Balaban J connectivity index is 2.31. The van der Waals surface area contributed by atoms with Gasteiger partial charge < -0.3 is 4.74 Å². The van der Waals surface area contributed by atoms with Crippen molar-refractivity contribution in [3.8, 4) is 11.5 Å². The average Bonchev–Trinajstić information content (AvgIpc) is 2.35. The van der Waals surface area contributed by atoms with Crippen molar-refractivity contribution < 1.29 is 9.53 Å². The van der Waals surface area contributed by atoms with Gasteiger partial charge >= 0.3 is 0 Å². The fourth-order valence-corrected chi connectivity index (χ4v) is 1.86. The lowest BCUT2D eigenvalue weighted by Gasteiger charge is -2.09. The summed E-state index contributed by atoms with van der Waals surface area (Å²) >= 11 is 11.9. The molecule has 0 bridgehead atoms. The van der Waals surface area contributed by atoms with E-state index in [4.69, 9.17) is 27.9 Å². The fraction of sp³-hybridized carbons (Fsp3) is 0.0714. The SMILES string of the molecule is Cc1cc(Oc2cccc(Cl)c2Cl)ccc1C=O. The Bertz CT molecular complexity index is 594. The van der Waals surface area contributed by atoms with E-state index in [0.29, 0.717) is 27.1 Å². The van der Waals surface area contributed by atoms with Gasteiger partial charge in [0.2, 0.25) is 0 Å². The third-order valence-corrected chi connectivity index (χ3v) is 3.31. The van der Waals surface area contributed by atoms with Gasteiger partial charge in [0.25, 0.3) is 0 Å². The molecule has 0 saturated heterocycles. The third-order valence-electron chi connectivity index (χ3n) is 2.51. The first-order valence-corrected chi connectivity index (χ1v) is 6.05. The van der Waals surface area contributed by atoms with Crippen LogP contribution in [0.15, 0.2) is 36.4 Å². The van der Waals surface area contributed by atoms with Crippen molar-refractivity contribution >= 4 is 29.5 Å². The highest BCUT2D eigenvalue weighted by atomic mass is 35.5. The van der Waals surface area contributed by atoms with E-state index in [1.54, 1.807) is 36.4 Å². The van der Waals surface area contributed by atoms with E-state index in [1.165, 1.54) is 0 Å². The van der Waals surface area contributed by atoms with Gasteiger partial charge in [-0.3, -0.25) is 4.79 Å². The topological polar surface area (TPSA) is 26.3 Å². The van der Waals surface area contributed by atoms with Crippen LogP contribution >= 0.6 is 23.2 Å². The molecule has 0 radical (unpaired) electrons. The highest BCUT2D eigenvalue weighted by Crippen LogP contribution is 2.34. The molecule has 0 N–H and O–H groups in total. The molecule has 2 aromatic carbocycles. The van der Waals surface area contributed by atoms with Gasteiger partial charge in [-0.15, -0.1) is 0 Å². The van der Waals surface area contributed by atoms with E-state index in [2.05, 4.69) is 0 Å². The Hall–Kier alpha value is -1.51. The van der Waals surface area contributed by atoms with Crippen LogP contribution in [-0.2, 0) is 0 Å². The zero-order valence-corrected chi connectivity index (χ0v) is 11.1. The summed E-state index contributed by atoms with van der Waals surface area (Å²) < 4.78 is 5.64. The van der Waals surface area contributed by atoms with Crippen LogP contribution in [0.3, 0.4) is 0 Å². The van der Waals surface area contributed by atoms with E-state index < -0.39 is 0 Å². The molecule has 0 saturated carbocycles. The molecule has 0 unspecified atom stereocenters. The van der Waals surface area contributed by atoms with Crippen LogP contribution in [0, 0.1) is 6.92 Å². The zero-order chi connectivity index (χ0) is 13.1. The van der Waals surface area contributed by atoms with E-state index in [1.807, 2.05) is 6.92 Å². The maximum absolute atomic E-state index is 10.7. The predicted molar refractivity (Wildman–Crippen MR) is 73.1 cm³/mol. The van der Waals surface area contributed by atoms with E-state index >= 15 is 0 Å². The van der Waals surface area contributed by atoms with Crippen molar-refractivity contribution in [1.29, 1.82) is 0 Å². The Morgan fingerprint density at radius 1 is 1.17 bits per heavy atom. The highest BCUT2D eigenvalue weighted by molar-refractivity contribution is 6.42. The van der Waals surface area contributed by atoms with Gasteiger partial charge in [-0.2, -0.15) is 0 Å². The molecule has 18 heavy (non-hydrogen) atoms. The van der Waals surface area contributed by atoms with Gasteiger partial charge in [-0.05, 0) is 42.8 Å². The Morgan fingerprint density at radius 3 is 2.61 bits per heavy atom. The van der Waals surface area contributed by atoms with Gasteiger partial charge in [0.15, 0.2) is 0 Å². The monoisotopic (exact) mass is 280 g/mol. The number of carbonyl (C=O) groups excluding carboxylic acids is 1. The lowest BCUT2D eigenvalue weighted by molar-refractivity contribution is 0.112. The second-order valence-electron chi connectivity index (χ2n) is 3.79. The number of benzene rings is 2. The third kappa shape index (κ3) is 2.66. The Kier molecular flexibility index (Phi) is 3.90. The van der Waals surface area contributed by atoms with E-state index in [0.717, 1.165) is 11.8 Å². The minimum absolute atomic E-state index is 0.372. The molecular formula is C14H10Cl2O2. The fourth-order valence-electron chi connectivity index (χ4n) is 1.53. The second kappa shape index (κ2) is 5.42. The van der Waals surface area contributed by atoms with Crippen molar-refractivity contribution in [1.82, 2.24) is 0 Å². The van der Waals surface area contributed by atoms with Gasteiger partial charge in [0.1, 0.15) is 22.8 Å². The van der Waals surface area contributed by atoms with Gasteiger partial charge in [0.05, 0.1) is 5.02 Å². The first-order valence-electron chi connectivity index (χ1n) is 5.29. The highest BCUT2D eigenvalue weighted by Gasteiger charge is 2.07. The molecule has 2 aromatic rings. The first-order chi connectivity index (χ1) is 8.61. The minimum atomic E-state index is 0.372. The first kappa shape index (κ1) is 12.9. The summed E-state index contributed by atoms with van der Waals surface area (Å²) in [4.78, 5) is 10.7. The molecule has 2 nitrogen and oxygen atoms in total. The second-order valence-corrected chi connectivity index (χ2v) is 4.58. The molecule has 0 fully saturated rings. The van der Waals surface area contributed by atoms with Crippen LogP contribution in [0.25, 0.3) is 0 Å². The molecule has 4 heteroatoms. The lowest BCUT2D eigenvalue weighted by atomic mass is 10.1. The van der Waals surface area contributed by atoms with Crippen molar-refractivity contribution in [3.63, 3.8) is 0 Å². The zero-order valence-electron chi connectivity index (χ0n) is 9.61. The number of halogens is 2. The molecule has 0 heterocycles. The maximum atomic E-state index is 10.7. The number of rotatable bonds is 3. The van der Waals surface area contributed by atoms with Crippen molar-refractivity contribution in [2.45, 2.75) is 6.92 Å². The number of carbonyl (C=O) groups is 1. The standard InChI is InChI=1S/C14H10Cl2O2/c1-9-7-11(6-5-10(9)8-17)18-13-4-2-3-12(15)14(13)16/h2-8H,1H3. The molecule has 92 valence electrons. The van der Waals surface area contributed by atoms with Crippen molar-refractivity contribution in [3.05, 3.63) is 57.6 Å². The van der Waals surface area contributed by atoms with E-state index in [-0.39, 0.29) is 0 Å². The molecule has 0 spiro atoms. The average molecular weight is 281 g/mol. The van der Waals surface area contributed by atoms with E-state index in [9.17, 15) is 4.79 Å². The Morgan fingerprint density at radius 2 is 1.94 bits per heavy atom. The molecular weight excluding hydrogens is 271 g/mol. The molecule has 0 aliphatic heterocycles. The number of hydrogen-bond acceptors (Lipinski definition) is 2. The van der Waals surface area contributed by atoms with Crippen LogP contribution in [0.4, 0.5) is 0 Å². The molecule has 2 rings (SSSR count). The summed E-state index contributed by atoms with van der Waals surface area (Å²) in [5, 5.41) is 0.812. The van der Waals surface area contributed by atoms with Crippen LogP contribution in [0.5, 0.6) is 11.5 Å². The number of ether oxygens (including phenoxy) is 1. The van der Waals surface area contributed by atoms with Crippen molar-refractivity contribution in [2.75, 3.05) is 0 Å². The summed E-state index contributed by atoms with van der Waals surface area (Å²) in [6.07, 6.45) is 0.811. The number of hydrogen-bond donors (Lipinski definition) is 0. The molecule has 0 amide bonds. The Labute approximate surface area is 115 Å². The lowest BCUT2D eigenvalue weighted by Crippen LogP contribution is -1.90. The van der Waals surface area contributed by atoms with Crippen LogP contribution in [0.2, 0.25) is 10.0 Å². The van der Waals surface area contributed by atoms with Crippen LogP contribution < -0.4 is 4.74 Å². The normalized spacial score (nSPS) is 10.2. The summed E-state index contributed by atoms with van der Waals surface area (Å²) in [5.41, 5.74) is 1.49. The minimum Gasteiger partial charge on any atom is -0.456 e. The summed E-state index contributed by atoms with van der Waals surface area (Å²) in [6.45, 7) is 1.84. The number of aryl methyl sites for hydroxylation is 1. The summed E-state index contributed by atoms with van der Waals surface area (Å²) in [6, 6.07) is 10.4. The van der Waals surface area contributed by atoms with Gasteiger partial charge in [-0.25, -0.2) is 0 Å². The van der Waals surface area contributed by atoms with Crippen molar-refractivity contribution in [2.24, 2.45) is 0 Å². The quantitative estimate of drug-likeness (QED) is 0.747. The molecule has 0 atom stereocenters. The van der Waals surface area contributed by atoms with Crippen LogP contribution in [-0.4, -0.2) is 6.29 Å². The molecule has 0 aliphatic rings. The smallest absolute Gasteiger partial charge is 0.150 e. The predicted octanol–water partition coefficient (Wildman–Crippen LogP) is 4.91. The summed E-state index contributed by atoms with van der Waals surface area (Å²) in [5.74, 6) is 1.10. The number of aldehydes is 1. The van der Waals surface area contributed by atoms with Gasteiger partial charge in [0, 0.05) is 5.56 Å². The van der Waals surface area contributed by atoms with Gasteiger partial charge in [-0.1, -0.05) is 29.3 Å². The summed E-state index contributed by atoms with van der Waals surface area (Å²) in [7, 11) is 0. The molecule has 0 aliphatic carbocycles.